The monoisotopic (exact) mass is 469 g/mol. The van der Waals surface area contributed by atoms with E-state index in [1.165, 1.54) is 41.8 Å². The van der Waals surface area contributed by atoms with Crippen molar-refractivity contribution in [1.29, 1.82) is 0 Å². The quantitative estimate of drug-likeness (QED) is 0.652. The first kappa shape index (κ1) is 23.1. The number of halogens is 2. The molecule has 1 saturated heterocycles. The minimum atomic E-state index is -3.68. The van der Waals surface area contributed by atoms with E-state index in [1.54, 1.807) is 6.07 Å². The molecule has 1 aromatic heterocycles. The second-order valence-corrected chi connectivity index (χ2v) is 9.43. The number of carbonyl (C=O) groups excluding carboxylic acids is 2. The number of amides is 1. The SMILES string of the molecule is CC(OC(=O)C1CCN(S(=O)(=O)c2cccnc2)CC1)C(=O)Nc1ccc(Cl)cc1F. The Hall–Kier alpha value is -2.56. The molecule has 2 aromatic rings. The molecule has 0 spiro atoms. The standard InChI is InChI=1S/C20H21ClFN3O5S/c1-13(19(26)24-18-5-4-15(21)11-17(18)22)30-20(27)14-6-9-25(10-7-14)31(28,29)16-3-2-8-23-12-16/h2-5,8,11-14H,6-7,9-10H2,1H3,(H,24,26). The van der Waals surface area contributed by atoms with E-state index in [0.717, 1.165) is 6.07 Å². The van der Waals surface area contributed by atoms with Gasteiger partial charge in [-0.15, -0.1) is 0 Å². The summed E-state index contributed by atoms with van der Waals surface area (Å²) in [5.74, 6) is -2.53. The number of ether oxygens (including phenoxy) is 1. The van der Waals surface area contributed by atoms with Crippen molar-refractivity contribution in [3.05, 3.63) is 53.6 Å². The maximum Gasteiger partial charge on any atom is 0.309 e. The van der Waals surface area contributed by atoms with Gasteiger partial charge in [0, 0.05) is 30.5 Å². The molecule has 0 bridgehead atoms. The minimum absolute atomic E-state index is 0.0776. The van der Waals surface area contributed by atoms with Crippen LogP contribution in [0.1, 0.15) is 19.8 Å². The third-order valence-electron chi connectivity index (χ3n) is 4.91. The van der Waals surface area contributed by atoms with E-state index in [9.17, 15) is 22.4 Å². The predicted molar refractivity (Wildman–Crippen MR) is 111 cm³/mol. The number of esters is 1. The summed E-state index contributed by atoms with van der Waals surface area (Å²) in [7, 11) is -3.68. The zero-order valence-corrected chi connectivity index (χ0v) is 18.2. The number of piperidine rings is 1. The van der Waals surface area contributed by atoms with Crippen molar-refractivity contribution < 1.29 is 27.1 Å². The number of hydrogen-bond donors (Lipinski definition) is 1. The van der Waals surface area contributed by atoms with E-state index in [0.29, 0.717) is 0 Å². The van der Waals surface area contributed by atoms with Crippen LogP contribution in [0.3, 0.4) is 0 Å². The number of hydrogen-bond acceptors (Lipinski definition) is 6. The lowest BCUT2D eigenvalue weighted by molar-refractivity contribution is -0.158. The first-order chi connectivity index (χ1) is 14.7. The third kappa shape index (κ3) is 5.57. The summed E-state index contributed by atoms with van der Waals surface area (Å²) in [6, 6.07) is 6.79. The predicted octanol–water partition coefficient (Wildman–Crippen LogP) is 2.85. The Morgan fingerprint density at radius 2 is 2.00 bits per heavy atom. The van der Waals surface area contributed by atoms with Crippen LogP contribution in [0.4, 0.5) is 10.1 Å². The number of anilines is 1. The summed E-state index contributed by atoms with van der Waals surface area (Å²) in [6.45, 7) is 1.67. The first-order valence-corrected chi connectivity index (χ1v) is 11.4. The van der Waals surface area contributed by atoms with Crippen LogP contribution in [0.25, 0.3) is 0 Å². The van der Waals surface area contributed by atoms with Gasteiger partial charge >= 0.3 is 5.97 Å². The maximum absolute atomic E-state index is 13.8. The summed E-state index contributed by atoms with van der Waals surface area (Å²) < 4.78 is 45.6. The Kier molecular flexibility index (Phi) is 7.24. The van der Waals surface area contributed by atoms with Gasteiger partial charge in [-0.1, -0.05) is 11.6 Å². The Morgan fingerprint density at radius 1 is 1.29 bits per heavy atom. The number of sulfonamides is 1. The zero-order valence-electron chi connectivity index (χ0n) is 16.6. The van der Waals surface area contributed by atoms with Gasteiger partial charge < -0.3 is 10.1 Å². The topological polar surface area (TPSA) is 106 Å². The summed E-state index contributed by atoms with van der Waals surface area (Å²) in [6.07, 6.45) is 2.14. The Labute approximate surface area is 184 Å². The van der Waals surface area contributed by atoms with Crippen LogP contribution < -0.4 is 5.32 Å². The van der Waals surface area contributed by atoms with Crippen molar-refractivity contribution in [3.8, 4) is 0 Å². The molecule has 1 amide bonds. The van der Waals surface area contributed by atoms with Crippen molar-refractivity contribution >= 4 is 39.2 Å². The molecule has 1 atom stereocenters. The van der Waals surface area contributed by atoms with E-state index >= 15 is 0 Å². The van der Waals surface area contributed by atoms with Gasteiger partial charge in [0.05, 0.1) is 11.6 Å². The molecule has 0 aliphatic carbocycles. The molecule has 1 unspecified atom stereocenters. The van der Waals surface area contributed by atoms with Crippen molar-refractivity contribution in [2.24, 2.45) is 5.92 Å². The zero-order chi connectivity index (χ0) is 22.6. The highest BCUT2D eigenvalue weighted by Crippen LogP contribution is 2.25. The molecule has 3 rings (SSSR count). The van der Waals surface area contributed by atoms with Gasteiger partial charge in [-0.05, 0) is 50.1 Å². The molecule has 0 saturated carbocycles. The van der Waals surface area contributed by atoms with Gasteiger partial charge in [-0.3, -0.25) is 14.6 Å². The molecular weight excluding hydrogens is 449 g/mol. The fourth-order valence-electron chi connectivity index (χ4n) is 3.13. The van der Waals surface area contributed by atoms with E-state index in [4.69, 9.17) is 16.3 Å². The number of nitrogens with zero attached hydrogens (tertiary/aromatic N) is 2. The van der Waals surface area contributed by atoms with Crippen LogP contribution in [0.2, 0.25) is 5.02 Å². The van der Waals surface area contributed by atoms with Crippen LogP contribution in [-0.2, 0) is 24.3 Å². The molecule has 1 aliphatic heterocycles. The molecule has 1 aliphatic rings. The molecule has 1 N–H and O–H groups in total. The number of aromatic nitrogens is 1. The van der Waals surface area contributed by atoms with E-state index < -0.39 is 39.7 Å². The Morgan fingerprint density at radius 3 is 2.61 bits per heavy atom. The molecule has 8 nitrogen and oxygen atoms in total. The summed E-state index contributed by atoms with van der Waals surface area (Å²) >= 11 is 5.68. The average molecular weight is 470 g/mol. The fraction of sp³-hybridized carbons (Fsp3) is 0.350. The summed E-state index contributed by atoms with van der Waals surface area (Å²) in [4.78, 5) is 28.6. The molecule has 11 heteroatoms. The minimum Gasteiger partial charge on any atom is -0.452 e. The number of benzene rings is 1. The van der Waals surface area contributed by atoms with Gasteiger partial charge in [0.1, 0.15) is 10.7 Å². The Balaban J connectivity index is 1.53. The van der Waals surface area contributed by atoms with Crippen LogP contribution in [0.15, 0.2) is 47.6 Å². The average Bonchev–Trinajstić information content (AvgIpc) is 2.76. The highest BCUT2D eigenvalue weighted by Gasteiger charge is 2.34. The van der Waals surface area contributed by atoms with Gasteiger partial charge in [0.15, 0.2) is 6.10 Å². The normalized spacial score (nSPS) is 16.5. The lowest BCUT2D eigenvalue weighted by Gasteiger charge is -2.30. The summed E-state index contributed by atoms with van der Waals surface area (Å²) in [5, 5.41) is 2.53. The molecule has 2 heterocycles. The van der Waals surface area contributed by atoms with Crippen LogP contribution in [0.5, 0.6) is 0 Å². The van der Waals surface area contributed by atoms with Crippen LogP contribution in [0, 0.1) is 11.7 Å². The molecule has 1 aromatic carbocycles. The second kappa shape index (κ2) is 9.71. The molecular formula is C20H21ClFN3O5S. The number of pyridine rings is 1. The largest absolute Gasteiger partial charge is 0.452 e. The van der Waals surface area contributed by atoms with E-state index in [2.05, 4.69) is 10.3 Å². The maximum atomic E-state index is 13.8. The first-order valence-electron chi connectivity index (χ1n) is 9.55. The van der Waals surface area contributed by atoms with Crippen LogP contribution >= 0.6 is 11.6 Å². The van der Waals surface area contributed by atoms with Gasteiger partial charge in [0.25, 0.3) is 5.91 Å². The van der Waals surface area contributed by atoms with E-state index in [-0.39, 0.29) is 41.5 Å². The molecule has 166 valence electrons. The fourth-order valence-corrected chi connectivity index (χ4v) is 4.72. The lowest BCUT2D eigenvalue weighted by Crippen LogP contribution is -2.41. The number of rotatable bonds is 6. The van der Waals surface area contributed by atoms with Crippen molar-refractivity contribution in [3.63, 3.8) is 0 Å². The molecule has 31 heavy (non-hydrogen) atoms. The number of carbonyl (C=O) groups is 2. The lowest BCUT2D eigenvalue weighted by atomic mass is 9.98. The third-order valence-corrected chi connectivity index (χ3v) is 7.03. The highest BCUT2D eigenvalue weighted by molar-refractivity contribution is 7.89. The van der Waals surface area contributed by atoms with Gasteiger partial charge in [-0.25, -0.2) is 12.8 Å². The van der Waals surface area contributed by atoms with Crippen molar-refractivity contribution in [2.45, 2.75) is 30.8 Å². The molecule has 0 radical (unpaired) electrons. The van der Waals surface area contributed by atoms with Gasteiger partial charge in [0.2, 0.25) is 10.0 Å². The van der Waals surface area contributed by atoms with Crippen molar-refractivity contribution in [2.75, 3.05) is 18.4 Å². The molecule has 1 fully saturated rings. The number of nitrogens with one attached hydrogen (secondary N) is 1. The van der Waals surface area contributed by atoms with E-state index in [1.807, 2.05) is 0 Å². The smallest absolute Gasteiger partial charge is 0.309 e. The van der Waals surface area contributed by atoms with Crippen LogP contribution in [-0.4, -0.2) is 48.8 Å². The summed E-state index contributed by atoms with van der Waals surface area (Å²) in [5.41, 5.74) is -0.0776. The van der Waals surface area contributed by atoms with Gasteiger partial charge in [-0.2, -0.15) is 4.31 Å². The second-order valence-electron chi connectivity index (χ2n) is 7.06. The highest BCUT2D eigenvalue weighted by atomic mass is 35.5. The van der Waals surface area contributed by atoms with Crippen molar-refractivity contribution in [1.82, 2.24) is 9.29 Å². The Bertz CT molecular complexity index is 1060.